The smallest absolute Gasteiger partial charge is 0.127 e. The van der Waals surface area contributed by atoms with Crippen LogP contribution in [-0.2, 0) is 32.1 Å². The summed E-state index contributed by atoms with van der Waals surface area (Å²) in [6.45, 7) is 30.8. The predicted molar refractivity (Wildman–Crippen MR) is 326 cm³/mol. The molecule has 0 radical (unpaired) electrons. The number of halogens is 8. The van der Waals surface area contributed by atoms with E-state index in [-0.39, 0.29) is 5.82 Å². The molecule has 0 aliphatic heterocycles. The molecule has 0 nitrogen and oxygen atoms in total. The van der Waals surface area contributed by atoms with E-state index in [1.165, 1.54) is 82.4 Å². The Balaban J connectivity index is 0.000000420. The maximum absolute atomic E-state index is 13.2. The summed E-state index contributed by atoms with van der Waals surface area (Å²) in [4.78, 5) is 0. The Hall–Kier alpha value is -1.18. The van der Waals surface area contributed by atoms with Crippen LogP contribution in [0.4, 0.5) is 4.39 Å². The molecule has 5 aromatic carbocycles. The molecule has 1 aliphatic carbocycles. The number of hydrogen-bond donors (Lipinski definition) is 0. The molecule has 8 heteroatoms. The minimum absolute atomic E-state index is 0.113. The van der Waals surface area contributed by atoms with Gasteiger partial charge in [-0.15, -0.1) is 0 Å². The summed E-state index contributed by atoms with van der Waals surface area (Å²) in [5.74, 6) is 5.04. The lowest BCUT2D eigenvalue weighted by atomic mass is 9.84. The summed E-state index contributed by atoms with van der Waals surface area (Å²) in [7, 11) is 0. The highest BCUT2D eigenvalue weighted by atomic mass is 79.9. The lowest BCUT2D eigenvalue weighted by molar-refractivity contribution is 0.305. The van der Waals surface area contributed by atoms with Crippen LogP contribution < -0.4 is 0 Å². The van der Waals surface area contributed by atoms with Crippen LogP contribution in [0.25, 0.3) is 0 Å². The van der Waals surface area contributed by atoms with Gasteiger partial charge in [0.1, 0.15) is 5.82 Å². The highest BCUT2D eigenvalue weighted by Gasteiger charge is 2.14. The van der Waals surface area contributed by atoms with Crippen LogP contribution in [0.1, 0.15) is 161 Å². The third-order valence-electron chi connectivity index (χ3n) is 11.5. The first-order valence-corrected chi connectivity index (χ1v) is 29.9. The molecule has 0 saturated heterocycles. The summed E-state index contributed by atoms with van der Waals surface area (Å²) in [6, 6.07) is 29.4. The Labute approximate surface area is 476 Å². The summed E-state index contributed by atoms with van der Waals surface area (Å²) in [5, 5.41) is 2.62. The second kappa shape index (κ2) is 36.7. The van der Waals surface area contributed by atoms with Crippen LogP contribution in [0.5, 0.6) is 0 Å². The van der Waals surface area contributed by atoms with Crippen LogP contribution in [0, 0.1) is 61.1 Å². The molecule has 6 rings (SSSR count). The van der Waals surface area contributed by atoms with E-state index in [4.69, 9.17) is 34.8 Å². The Kier molecular flexibility index (Phi) is 35.1. The van der Waals surface area contributed by atoms with Gasteiger partial charge in [0, 0.05) is 38.5 Å². The molecular weight excluding hydrogens is 1190 g/mol. The lowest BCUT2D eigenvalue weighted by Gasteiger charge is -2.22. The van der Waals surface area contributed by atoms with Crippen molar-refractivity contribution in [2.24, 2.45) is 41.4 Å². The van der Waals surface area contributed by atoms with Gasteiger partial charge < -0.3 is 0 Å². The molecule has 0 heterocycles. The van der Waals surface area contributed by atoms with E-state index in [1.54, 1.807) is 6.07 Å². The van der Waals surface area contributed by atoms with Crippen molar-refractivity contribution in [2.45, 2.75) is 168 Å². The zero-order valence-corrected chi connectivity index (χ0v) is 53.6. The quantitative estimate of drug-likeness (QED) is 0.117. The van der Waals surface area contributed by atoms with E-state index < -0.39 is 0 Å². The van der Waals surface area contributed by atoms with Gasteiger partial charge in [-0.1, -0.05) is 256 Å². The molecule has 0 amide bonds. The molecule has 1 saturated carbocycles. The Morgan fingerprint density at radius 2 is 0.700 bits per heavy atom. The van der Waals surface area contributed by atoms with Crippen LogP contribution in [0.2, 0.25) is 15.1 Å². The zero-order chi connectivity index (χ0) is 53.1. The van der Waals surface area contributed by atoms with E-state index in [0.717, 1.165) is 83.9 Å². The van der Waals surface area contributed by atoms with Crippen molar-refractivity contribution in [1.29, 1.82) is 0 Å². The molecule has 0 spiro atoms. The van der Waals surface area contributed by atoms with Gasteiger partial charge in [0.05, 0.1) is 0 Å². The van der Waals surface area contributed by atoms with E-state index >= 15 is 0 Å². The molecule has 0 bridgehead atoms. The van der Waals surface area contributed by atoms with E-state index in [0.29, 0.717) is 23.7 Å². The van der Waals surface area contributed by atoms with Crippen LogP contribution in [0.3, 0.4) is 0 Å². The topological polar surface area (TPSA) is 0 Å². The third kappa shape index (κ3) is 28.5. The van der Waals surface area contributed by atoms with Gasteiger partial charge in [0.2, 0.25) is 0 Å². The first-order chi connectivity index (χ1) is 32.8. The standard InChI is InChI=1S/C11H15Br.C11H15Cl.2C10H12BrCl.C10H12BrF.C10H20/c2*1-8(2)7-10-9(3)5-4-6-11(10)12;3*1-7(2)6-8-9(11)4-3-5-10(8)12;1-9(2)8-10-6-4-3-5-7-10/h2*4-6,8H,7H2,1-3H3;3*3-5,7H,6H2,1-2H3;9-10H,3-8H2,1-2H3. The molecule has 1 fully saturated rings. The van der Waals surface area contributed by atoms with E-state index in [2.05, 4.69) is 185 Å². The maximum atomic E-state index is 13.2. The van der Waals surface area contributed by atoms with Gasteiger partial charge in [-0.25, -0.2) is 4.39 Å². The summed E-state index contributed by atoms with van der Waals surface area (Å²) < 4.78 is 17.5. The van der Waals surface area contributed by atoms with Gasteiger partial charge in [-0.3, -0.25) is 0 Å². The molecule has 390 valence electrons. The summed E-state index contributed by atoms with van der Waals surface area (Å²) in [6.07, 6.45) is 14.1. The second-order valence-corrected chi connectivity index (χ2v) is 25.9. The highest BCUT2D eigenvalue weighted by Crippen LogP contribution is 2.30. The summed E-state index contributed by atoms with van der Waals surface area (Å²) >= 11 is 32.1. The van der Waals surface area contributed by atoms with Crippen molar-refractivity contribution in [3.8, 4) is 0 Å². The normalized spacial score (nSPS) is 12.3. The fourth-order valence-corrected chi connectivity index (χ4v) is 11.4. The molecule has 0 unspecified atom stereocenters. The molecular formula is C62H86Br4Cl3F. The largest absolute Gasteiger partial charge is 0.207 e. The SMILES string of the molecule is CC(C)CC1CCCCC1.CC(C)Cc1c(Cl)cccc1Br.CC(C)Cc1c(Cl)cccc1Br.CC(C)Cc1c(F)cccc1Br.Cc1cccc(Br)c1CC(C)C.Cc1cccc(Cl)c1CC(C)C. The third-order valence-corrected chi connectivity index (χ3v) is 15.5. The fourth-order valence-electron chi connectivity index (χ4n) is 8.16. The van der Waals surface area contributed by atoms with Crippen molar-refractivity contribution in [1.82, 2.24) is 0 Å². The molecule has 0 atom stereocenters. The monoisotopic (exact) mass is 1270 g/mol. The minimum Gasteiger partial charge on any atom is -0.207 e. The minimum atomic E-state index is -0.113. The molecule has 0 N–H and O–H groups in total. The van der Waals surface area contributed by atoms with Gasteiger partial charge in [0.25, 0.3) is 0 Å². The Morgan fingerprint density at radius 1 is 0.400 bits per heavy atom. The second-order valence-electron chi connectivity index (χ2n) is 21.3. The Bertz CT molecular complexity index is 1770. The first kappa shape index (κ1) is 66.8. The van der Waals surface area contributed by atoms with Gasteiger partial charge in [-0.05, 0) is 176 Å². The van der Waals surface area contributed by atoms with Gasteiger partial charge >= 0.3 is 0 Å². The fraction of sp³-hybridized carbons (Fsp3) is 0.516. The lowest BCUT2D eigenvalue weighted by Crippen LogP contribution is -2.08. The van der Waals surface area contributed by atoms with Crippen LogP contribution in [-0.4, -0.2) is 0 Å². The maximum Gasteiger partial charge on any atom is 0.127 e. The van der Waals surface area contributed by atoms with Crippen molar-refractivity contribution in [2.75, 3.05) is 0 Å². The average Bonchev–Trinajstić information content (AvgIpc) is 3.26. The van der Waals surface area contributed by atoms with Crippen molar-refractivity contribution in [3.63, 3.8) is 0 Å². The van der Waals surface area contributed by atoms with Crippen LogP contribution in [0.15, 0.2) is 109 Å². The molecule has 5 aromatic rings. The Morgan fingerprint density at radius 3 is 1.06 bits per heavy atom. The first-order valence-electron chi connectivity index (χ1n) is 25.6. The number of benzene rings is 5. The number of aryl methyl sites for hydroxylation is 2. The van der Waals surface area contributed by atoms with Crippen LogP contribution >= 0.6 is 98.5 Å². The van der Waals surface area contributed by atoms with E-state index in [1.807, 2.05) is 54.6 Å². The molecule has 1 aliphatic rings. The van der Waals surface area contributed by atoms with Gasteiger partial charge in [0.15, 0.2) is 0 Å². The zero-order valence-electron chi connectivity index (χ0n) is 45.0. The van der Waals surface area contributed by atoms with Gasteiger partial charge in [-0.2, -0.15) is 0 Å². The molecule has 70 heavy (non-hydrogen) atoms. The number of rotatable bonds is 12. The highest BCUT2D eigenvalue weighted by molar-refractivity contribution is 9.11. The van der Waals surface area contributed by atoms with Crippen molar-refractivity contribution < 1.29 is 4.39 Å². The van der Waals surface area contributed by atoms with Crippen molar-refractivity contribution >= 4 is 98.5 Å². The van der Waals surface area contributed by atoms with Crippen molar-refractivity contribution in [3.05, 3.63) is 169 Å². The average molecular weight is 1280 g/mol. The molecule has 0 aromatic heterocycles. The van der Waals surface area contributed by atoms with E-state index in [9.17, 15) is 4.39 Å². The predicted octanol–water partition coefficient (Wildman–Crippen LogP) is 23.8. The number of hydrogen-bond acceptors (Lipinski definition) is 0. The summed E-state index contributed by atoms with van der Waals surface area (Å²) in [5.41, 5.74) is 8.66.